The summed E-state index contributed by atoms with van der Waals surface area (Å²) in [5, 5.41) is 1.14. The van der Waals surface area contributed by atoms with Crippen LogP contribution in [0.5, 0.6) is 5.75 Å². The zero-order valence-corrected chi connectivity index (χ0v) is 18.3. The number of fused-ring (bicyclic) bond motifs is 1. The van der Waals surface area contributed by atoms with Crippen molar-refractivity contribution in [2.24, 2.45) is 0 Å². The van der Waals surface area contributed by atoms with Gasteiger partial charge in [-0.3, -0.25) is 4.79 Å². The van der Waals surface area contributed by atoms with Crippen molar-refractivity contribution in [2.45, 2.75) is 20.0 Å². The lowest BCUT2D eigenvalue weighted by Crippen LogP contribution is -2.09. The number of benzene rings is 3. The van der Waals surface area contributed by atoms with E-state index in [0.717, 1.165) is 32.2 Å². The van der Waals surface area contributed by atoms with Crippen LogP contribution in [0.2, 0.25) is 0 Å². The predicted molar refractivity (Wildman–Crippen MR) is 122 cm³/mol. The smallest absolute Gasteiger partial charge is 0.310 e. The van der Waals surface area contributed by atoms with Gasteiger partial charge in [0.05, 0.1) is 18.5 Å². The Kier molecular flexibility index (Phi) is 6.19. The fraction of sp³-hybridized carbons (Fsp3) is 0.160. The van der Waals surface area contributed by atoms with Gasteiger partial charge in [-0.15, -0.1) is 0 Å². The number of rotatable bonds is 7. The lowest BCUT2D eigenvalue weighted by molar-refractivity contribution is -0.142. The summed E-state index contributed by atoms with van der Waals surface area (Å²) in [6.45, 7) is 2.57. The monoisotopic (exact) mass is 463 g/mol. The van der Waals surface area contributed by atoms with Gasteiger partial charge in [-0.25, -0.2) is 0 Å². The molecule has 0 spiro atoms. The lowest BCUT2D eigenvalue weighted by atomic mass is 10.1. The highest BCUT2D eigenvalue weighted by Crippen LogP contribution is 2.30. The van der Waals surface area contributed by atoms with E-state index in [0.29, 0.717) is 19.0 Å². The third-order valence-electron chi connectivity index (χ3n) is 4.86. The topological polar surface area (TPSA) is 40.5 Å². The van der Waals surface area contributed by atoms with Gasteiger partial charge in [0.1, 0.15) is 12.4 Å². The molecule has 0 aliphatic carbocycles. The molecule has 0 amide bonds. The fourth-order valence-corrected chi connectivity index (χ4v) is 4.10. The first-order valence-corrected chi connectivity index (χ1v) is 10.7. The Balaban J connectivity index is 1.59. The second-order valence-corrected chi connectivity index (χ2v) is 7.76. The Morgan fingerprint density at radius 2 is 1.77 bits per heavy atom. The van der Waals surface area contributed by atoms with E-state index in [-0.39, 0.29) is 12.4 Å². The van der Waals surface area contributed by atoms with Gasteiger partial charge in [-0.2, -0.15) is 0 Å². The summed E-state index contributed by atoms with van der Waals surface area (Å²) < 4.78 is 14.3. The molecule has 0 saturated heterocycles. The molecule has 0 aliphatic rings. The van der Waals surface area contributed by atoms with Crippen molar-refractivity contribution in [1.82, 2.24) is 4.57 Å². The minimum absolute atomic E-state index is 0.198. The molecule has 0 fully saturated rings. The Bertz CT molecular complexity index is 1170. The third-order valence-corrected chi connectivity index (χ3v) is 5.51. The number of aromatic nitrogens is 1. The van der Waals surface area contributed by atoms with E-state index >= 15 is 0 Å². The van der Waals surface area contributed by atoms with Gasteiger partial charge in [0, 0.05) is 27.3 Å². The molecule has 0 unspecified atom stereocenters. The van der Waals surface area contributed by atoms with Gasteiger partial charge in [0.2, 0.25) is 0 Å². The van der Waals surface area contributed by atoms with E-state index in [1.54, 1.807) is 6.92 Å². The van der Waals surface area contributed by atoms with E-state index < -0.39 is 0 Å². The Hall–Kier alpha value is -3.05. The summed E-state index contributed by atoms with van der Waals surface area (Å²) in [6, 6.07) is 24.1. The van der Waals surface area contributed by atoms with Crippen LogP contribution in [0.3, 0.4) is 0 Å². The number of carbonyl (C=O) groups is 1. The van der Waals surface area contributed by atoms with Crippen LogP contribution in [-0.4, -0.2) is 17.1 Å². The first-order chi connectivity index (χ1) is 14.7. The molecule has 0 bridgehead atoms. The van der Waals surface area contributed by atoms with E-state index in [4.69, 9.17) is 9.47 Å². The first-order valence-electron chi connectivity index (χ1n) is 9.87. The van der Waals surface area contributed by atoms with Gasteiger partial charge in [-0.05, 0) is 48.9 Å². The minimum Gasteiger partial charge on any atom is -0.489 e. The highest BCUT2D eigenvalue weighted by Gasteiger charge is 2.12. The first kappa shape index (κ1) is 20.2. The van der Waals surface area contributed by atoms with Gasteiger partial charge in [-0.1, -0.05) is 52.3 Å². The number of nitrogens with zero attached hydrogens (tertiary/aromatic N) is 1. The molecule has 30 heavy (non-hydrogen) atoms. The second kappa shape index (κ2) is 9.18. The number of esters is 1. The second-order valence-electron chi connectivity index (χ2n) is 6.91. The summed E-state index contributed by atoms with van der Waals surface area (Å²) >= 11 is 3.69. The number of carbonyl (C=O) groups excluding carboxylic acids is 1. The maximum absolute atomic E-state index is 11.9. The molecule has 152 valence electrons. The third kappa shape index (κ3) is 4.41. The normalized spacial score (nSPS) is 10.9. The standard InChI is InChI=1S/C25H22BrNO3/c1-2-29-25(28)16-19-8-6-7-11-24(19)30-17-18-14-22(26)21-12-13-27(23(21)15-18)20-9-4-3-5-10-20/h3-15H,2,16-17H2,1H3. The fourth-order valence-electron chi connectivity index (χ4n) is 3.47. The van der Waals surface area contributed by atoms with Gasteiger partial charge >= 0.3 is 5.97 Å². The minimum atomic E-state index is -0.251. The number of hydrogen-bond acceptors (Lipinski definition) is 3. The summed E-state index contributed by atoms with van der Waals surface area (Å²) in [6.07, 6.45) is 2.27. The summed E-state index contributed by atoms with van der Waals surface area (Å²) in [7, 11) is 0. The summed E-state index contributed by atoms with van der Waals surface area (Å²) in [5.74, 6) is 0.443. The highest BCUT2D eigenvalue weighted by molar-refractivity contribution is 9.10. The molecule has 1 aromatic heterocycles. The van der Waals surface area contributed by atoms with Crippen LogP contribution in [-0.2, 0) is 22.6 Å². The van der Waals surface area contributed by atoms with Crippen LogP contribution in [0.25, 0.3) is 16.6 Å². The molecule has 4 nitrogen and oxygen atoms in total. The van der Waals surface area contributed by atoms with Crippen LogP contribution in [0, 0.1) is 0 Å². The van der Waals surface area contributed by atoms with Crippen molar-refractivity contribution >= 4 is 32.8 Å². The van der Waals surface area contributed by atoms with Crippen LogP contribution < -0.4 is 4.74 Å². The van der Waals surface area contributed by atoms with Crippen molar-refractivity contribution in [3.8, 4) is 11.4 Å². The van der Waals surface area contributed by atoms with Gasteiger partial charge in [0.15, 0.2) is 0 Å². The lowest BCUT2D eigenvalue weighted by Gasteiger charge is -2.12. The average Bonchev–Trinajstić information content (AvgIpc) is 3.18. The summed E-state index contributed by atoms with van der Waals surface area (Å²) in [5.41, 5.74) is 4.08. The molecular weight excluding hydrogens is 442 g/mol. The highest BCUT2D eigenvalue weighted by atomic mass is 79.9. The van der Waals surface area contributed by atoms with E-state index in [1.165, 1.54) is 0 Å². The molecule has 0 aliphatic heterocycles. The molecule has 4 rings (SSSR count). The zero-order chi connectivity index (χ0) is 20.9. The van der Waals surface area contributed by atoms with Crippen molar-refractivity contribution in [3.63, 3.8) is 0 Å². The predicted octanol–water partition coefficient (Wildman–Crippen LogP) is 6.08. The largest absolute Gasteiger partial charge is 0.489 e. The molecule has 4 aromatic rings. The molecule has 3 aromatic carbocycles. The van der Waals surface area contributed by atoms with E-state index in [2.05, 4.69) is 57.0 Å². The van der Waals surface area contributed by atoms with E-state index in [9.17, 15) is 4.79 Å². The summed E-state index contributed by atoms with van der Waals surface area (Å²) in [4.78, 5) is 11.9. The molecule has 0 N–H and O–H groups in total. The maximum Gasteiger partial charge on any atom is 0.310 e. The molecule has 0 atom stereocenters. The van der Waals surface area contributed by atoms with Crippen molar-refractivity contribution < 1.29 is 14.3 Å². The van der Waals surface area contributed by atoms with Crippen LogP contribution >= 0.6 is 15.9 Å². The Labute approximate surface area is 184 Å². The van der Waals surface area contributed by atoms with Crippen molar-refractivity contribution in [3.05, 3.63) is 94.6 Å². The SMILES string of the molecule is CCOC(=O)Cc1ccccc1OCc1cc(Br)c2ccn(-c3ccccc3)c2c1. The quantitative estimate of drug-likeness (QED) is 0.312. The van der Waals surface area contributed by atoms with Crippen molar-refractivity contribution in [1.29, 1.82) is 0 Å². The molecular formula is C25H22BrNO3. The molecule has 0 saturated carbocycles. The molecule has 1 heterocycles. The number of ether oxygens (including phenoxy) is 2. The molecule has 5 heteroatoms. The Morgan fingerprint density at radius 3 is 2.57 bits per heavy atom. The van der Waals surface area contributed by atoms with E-state index in [1.807, 2.05) is 42.5 Å². The average molecular weight is 464 g/mol. The van der Waals surface area contributed by atoms with Gasteiger partial charge < -0.3 is 14.0 Å². The van der Waals surface area contributed by atoms with Gasteiger partial charge in [0.25, 0.3) is 0 Å². The van der Waals surface area contributed by atoms with Crippen LogP contribution in [0.15, 0.2) is 83.5 Å². The van der Waals surface area contributed by atoms with Crippen LogP contribution in [0.4, 0.5) is 0 Å². The number of hydrogen-bond donors (Lipinski definition) is 0. The Morgan fingerprint density at radius 1 is 1.00 bits per heavy atom. The zero-order valence-electron chi connectivity index (χ0n) is 16.7. The maximum atomic E-state index is 11.9. The number of para-hydroxylation sites is 2. The van der Waals surface area contributed by atoms with Crippen molar-refractivity contribution in [2.75, 3.05) is 6.61 Å². The number of halogens is 1. The molecule has 0 radical (unpaired) electrons. The van der Waals surface area contributed by atoms with Crippen LogP contribution in [0.1, 0.15) is 18.1 Å².